The van der Waals surface area contributed by atoms with Crippen molar-refractivity contribution in [3.8, 4) is 11.5 Å². The number of para-hydroxylation sites is 1. The number of hydrogen-bond donors (Lipinski definition) is 2. The quantitative estimate of drug-likeness (QED) is 0.461. The minimum absolute atomic E-state index is 0.00826. The molecule has 1 saturated carbocycles. The molecule has 2 amide bonds. The fourth-order valence-electron chi connectivity index (χ4n) is 5.21. The zero-order chi connectivity index (χ0) is 24.9. The Morgan fingerprint density at radius 2 is 1.63 bits per heavy atom. The first-order valence-electron chi connectivity index (χ1n) is 12.1. The van der Waals surface area contributed by atoms with Crippen molar-refractivity contribution in [3.63, 3.8) is 0 Å². The van der Waals surface area contributed by atoms with Crippen molar-refractivity contribution in [2.24, 2.45) is 5.92 Å². The molecular weight excluding hydrogens is 468 g/mol. The third-order valence-electron chi connectivity index (χ3n) is 7.21. The van der Waals surface area contributed by atoms with Crippen LogP contribution in [0.15, 0.2) is 54.6 Å². The molecular formula is C26H32N2O6S. The van der Waals surface area contributed by atoms with Crippen LogP contribution in [0.4, 0.5) is 0 Å². The molecule has 0 bridgehead atoms. The summed E-state index contributed by atoms with van der Waals surface area (Å²) in [5.41, 5.74) is 2.02. The van der Waals surface area contributed by atoms with Crippen molar-refractivity contribution < 1.29 is 28.0 Å². The molecule has 0 radical (unpaired) electrons. The van der Waals surface area contributed by atoms with E-state index in [9.17, 15) is 23.2 Å². The lowest BCUT2D eigenvalue weighted by molar-refractivity contribution is -0.136. The second-order valence-corrected chi connectivity index (χ2v) is 11.8. The third kappa shape index (κ3) is 5.51. The van der Waals surface area contributed by atoms with Crippen LogP contribution in [0, 0.1) is 5.92 Å². The van der Waals surface area contributed by atoms with Gasteiger partial charge in [0.1, 0.15) is 16.2 Å². The van der Waals surface area contributed by atoms with Gasteiger partial charge in [0.05, 0.1) is 12.2 Å². The Hall–Kier alpha value is -2.91. The zero-order valence-electron chi connectivity index (χ0n) is 19.7. The first-order valence-corrected chi connectivity index (χ1v) is 13.8. The Morgan fingerprint density at radius 3 is 2.29 bits per heavy atom. The highest BCUT2D eigenvalue weighted by Crippen LogP contribution is 2.41. The van der Waals surface area contributed by atoms with Crippen molar-refractivity contribution >= 4 is 21.7 Å². The van der Waals surface area contributed by atoms with Crippen molar-refractivity contribution in [1.29, 1.82) is 0 Å². The Morgan fingerprint density at radius 1 is 0.971 bits per heavy atom. The molecule has 8 nitrogen and oxygen atoms in total. The number of nitrogens with zero attached hydrogens (tertiary/aromatic N) is 1. The van der Waals surface area contributed by atoms with Crippen molar-refractivity contribution in [2.45, 2.75) is 49.7 Å². The lowest BCUT2D eigenvalue weighted by Crippen LogP contribution is -2.42. The maximum atomic E-state index is 13.7. The molecule has 2 aromatic carbocycles. The van der Waals surface area contributed by atoms with Gasteiger partial charge >= 0.3 is 0 Å². The van der Waals surface area contributed by atoms with Gasteiger partial charge in [0, 0.05) is 19.0 Å². The lowest BCUT2D eigenvalue weighted by atomic mass is 9.87. The predicted octanol–water partition coefficient (Wildman–Crippen LogP) is 3.80. The van der Waals surface area contributed by atoms with Gasteiger partial charge in [0.2, 0.25) is 11.8 Å². The second-order valence-electron chi connectivity index (χ2n) is 9.37. The van der Waals surface area contributed by atoms with Crippen molar-refractivity contribution in [3.05, 3.63) is 60.2 Å². The van der Waals surface area contributed by atoms with E-state index in [0.717, 1.165) is 32.1 Å². The minimum Gasteiger partial charge on any atom is -0.457 e. The number of carbonyl (C=O) groups is 2. The molecule has 1 aliphatic heterocycles. The number of sulfone groups is 1. The maximum Gasteiger partial charge on any atom is 0.245 e. The van der Waals surface area contributed by atoms with Crippen LogP contribution in [0.3, 0.4) is 0 Å². The van der Waals surface area contributed by atoms with E-state index in [1.807, 2.05) is 30.3 Å². The summed E-state index contributed by atoms with van der Waals surface area (Å²) in [7, 11) is -3.86. The van der Waals surface area contributed by atoms with Crippen molar-refractivity contribution in [2.75, 3.05) is 18.8 Å². The summed E-state index contributed by atoms with van der Waals surface area (Å²) < 4.78 is 31.6. The molecule has 2 aliphatic rings. The first-order chi connectivity index (χ1) is 16.8. The van der Waals surface area contributed by atoms with Gasteiger partial charge in [0.25, 0.3) is 0 Å². The van der Waals surface area contributed by atoms with Gasteiger partial charge in [0.15, 0.2) is 9.84 Å². The van der Waals surface area contributed by atoms with E-state index in [1.54, 1.807) is 34.6 Å². The van der Waals surface area contributed by atoms with E-state index in [-0.39, 0.29) is 37.1 Å². The van der Waals surface area contributed by atoms with Crippen LogP contribution < -0.4 is 10.2 Å². The number of amides is 2. The summed E-state index contributed by atoms with van der Waals surface area (Å²) in [5.74, 6) is 0.0931. The highest BCUT2D eigenvalue weighted by Gasteiger charge is 2.49. The van der Waals surface area contributed by atoms with Crippen LogP contribution in [0.1, 0.15) is 50.5 Å². The standard InChI is InChI=1S/C26H32N2O6S/c29-24(27-31)19-26(21-11-13-23(14-12-21)34-22-9-5-2-6-10-22)15-16-28(17-18-35(26,32)33)25(30)20-7-3-1-4-8-20/h2,5-6,9-14,20,31H,1,3-4,7-8,15-19H2,(H,27,29). The van der Waals surface area contributed by atoms with Gasteiger partial charge < -0.3 is 9.64 Å². The Labute approximate surface area is 206 Å². The van der Waals surface area contributed by atoms with E-state index in [0.29, 0.717) is 17.1 Å². The molecule has 1 unspecified atom stereocenters. The molecule has 2 fully saturated rings. The molecule has 188 valence electrons. The number of nitrogens with one attached hydrogen (secondary N) is 1. The van der Waals surface area contributed by atoms with Gasteiger partial charge in [-0.05, 0) is 49.1 Å². The van der Waals surface area contributed by atoms with Gasteiger partial charge in [-0.1, -0.05) is 49.6 Å². The number of carbonyl (C=O) groups excluding carboxylic acids is 2. The molecule has 0 aromatic heterocycles. The summed E-state index contributed by atoms with van der Waals surface area (Å²) >= 11 is 0. The smallest absolute Gasteiger partial charge is 0.245 e. The van der Waals surface area contributed by atoms with Gasteiger partial charge in [-0.15, -0.1) is 0 Å². The van der Waals surface area contributed by atoms with Crippen LogP contribution in [-0.2, 0) is 24.2 Å². The monoisotopic (exact) mass is 500 g/mol. The van der Waals surface area contributed by atoms with E-state index in [1.165, 1.54) is 0 Å². The summed E-state index contributed by atoms with van der Waals surface area (Å²) in [5, 5.41) is 9.21. The summed E-state index contributed by atoms with van der Waals surface area (Å²) in [6.45, 7) is 0.338. The Kier molecular flexibility index (Phi) is 7.76. The molecule has 1 saturated heterocycles. The first kappa shape index (κ1) is 25.2. The van der Waals surface area contributed by atoms with E-state index >= 15 is 0 Å². The molecule has 2 N–H and O–H groups in total. The van der Waals surface area contributed by atoms with Crippen LogP contribution in [0.25, 0.3) is 0 Å². The molecule has 0 spiro atoms. The molecule has 9 heteroatoms. The average molecular weight is 501 g/mol. The van der Waals surface area contributed by atoms with E-state index in [2.05, 4.69) is 0 Å². The molecule has 1 atom stereocenters. The third-order valence-corrected chi connectivity index (χ3v) is 9.70. The molecule has 1 heterocycles. The van der Waals surface area contributed by atoms with Crippen LogP contribution >= 0.6 is 0 Å². The normalized spacial score (nSPS) is 22.7. The predicted molar refractivity (Wildman–Crippen MR) is 131 cm³/mol. The number of rotatable bonds is 6. The Bertz CT molecular complexity index is 1130. The van der Waals surface area contributed by atoms with Crippen LogP contribution in [0.5, 0.6) is 11.5 Å². The van der Waals surface area contributed by atoms with E-state index < -0.39 is 26.9 Å². The van der Waals surface area contributed by atoms with Gasteiger partial charge in [-0.3, -0.25) is 14.8 Å². The van der Waals surface area contributed by atoms with E-state index in [4.69, 9.17) is 4.74 Å². The Balaban J connectivity index is 1.62. The number of hydrogen-bond acceptors (Lipinski definition) is 6. The fourth-order valence-corrected chi connectivity index (χ4v) is 7.31. The lowest BCUT2D eigenvalue weighted by Gasteiger charge is -2.32. The van der Waals surface area contributed by atoms with Crippen LogP contribution in [-0.4, -0.2) is 49.2 Å². The second kappa shape index (κ2) is 10.8. The number of benzene rings is 2. The van der Waals surface area contributed by atoms with Crippen LogP contribution in [0.2, 0.25) is 0 Å². The number of hydroxylamine groups is 1. The van der Waals surface area contributed by atoms with Crippen molar-refractivity contribution in [1.82, 2.24) is 10.4 Å². The molecule has 35 heavy (non-hydrogen) atoms. The highest BCUT2D eigenvalue weighted by atomic mass is 32.2. The molecule has 4 rings (SSSR count). The summed E-state index contributed by atoms with van der Waals surface area (Å²) in [6, 6.07) is 15.9. The topological polar surface area (TPSA) is 113 Å². The highest BCUT2D eigenvalue weighted by molar-refractivity contribution is 7.92. The summed E-state index contributed by atoms with van der Waals surface area (Å²) in [6.07, 6.45) is 4.46. The number of ether oxygens (including phenoxy) is 1. The van der Waals surface area contributed by atoms with Gasteiger partial charge in [-0.25, -0.2) is 13.9 Å². The SMILES string of the molecule is O=C(CC1(c2ccc(Oc3ccccc3)cc2)CCN(C(=O)C2CCCCC2)CCS1(=O)=O)NO. The molecule has 2 aromatic rings. The zero-order valence-corrected chi connectivity index (χ0v) is 20.5. The summed E-state index contributed by atoms with van der Waals surface area (Å²) in [4.78, 5) is 27.1. The molecule has 1 aliphatic carbocycles. The largest absolute Gasteiger partial charge is 0.457 e. The minimum atomic E-state index is -3.86. The van der Waals surface area contributed by atoms with Gasteiger partial charge in [-0.2, -0.15) is 0 Å². The average Bonchev–Trinajstić information content (AvgIpc) is 3.01. The maximum absolute atomic E-state index is 13.7. The fraction of sp³-hybridized carbons (Fsp3) is 0.462.